The third-order valence-corrected chi connectivity index (χ3v) is 7.71. The Balaban J connectivity index is 1.31. The van der Waals surface area contributed by atoms with E-state index in [0.29, 0.717) is 6.04 Å². The fourth-order valence-corrected chi connectivity index (χ4v) is 6.13. The average Bonchev–Trinajstić information content (AvgIpc) is 3.34. The molecule has 0 aromatic heterocycles. The van der Waals surface area contributed by atoms with Gasteiger partial charge < -0.3 is 15.3 Å². The van der Waals surface area contributed by atoms with Gasteiger partial charge in [0.05, 0.1) is 6.42 Å². The van der Waals surface area contributed by atoms with Crippen molar-refractivity contribution in [2.45, 2.75) is 63.5 Å². The van der Waals surface area contributed by atoms with E-state index in [-0.39, 0.29) is 23.8 Å². The van der Waals surface area contributed by atoms with Gasteiger partial charge in [0.2, 0.25) is 0 Å². The lowest BCUT2D eigenvalue weighted by molar-refractivity contribution is -0.137. The summed E-state index contributed by atoms with van der Waals surface area (Å²) in [6.07, 6.45) is 2.23. The van der Waals surface area contributed by atoms with E-state index in [1.54, 1.807) is 0 Å². The summed E-state index contributed by atoms with van der Waals surface area (Å²) in [5.74, 6) is -0.600. The number of nitrogens with one attached hydrogen (secondary N) is 1. The van der Waals surface area contributed by atoms with E-state index in [1.165, 1.54) is 33.2 Å². The SMILES string of the molecule is C[C@@H](NC1CCN(c2ccc3c(c2)C(CC(=O)O)CC3(C)C)C1)c1cccc2ccccc12. The maximum atomic E-state index is 11.4. The Bertz CT molecular complexity index is 1180. The normalized spacial score (nSPS) is 22.5. The first-order valence-corrected chi connectivity index (χ1v) is 12.2. The molecule has 172 valence electrons. The third kappa shape index (κ3) is 4.24. The molecule has 33 heavy (non-hydrogen) atoms. The molecule has 3 aromatic carbocycles. The number of rotatable bonds is 6. The van der Waals surface area contributed by atoms with Crippen molar-refractivity contribution in [2.75, 3.05) is 18.0 Å². The summed E-state index contributed by atoms with van der Waals surface area (Å²) in [5, 5.41) is 15.9. The van der Waals surface area contributed by atoms with E-state index < -0.39 is 5.97 Å². The number of hydrogen-bond donors (Lipinski definition) is 2. The maximum Gasteiger partial charge on any atom is 0.303 e. The van der Waals surface area contributed by atoms with Crippen molar-refractivity contribution in [3.63, 3.8) is 0 Å². The summed E-state index contributed by atoms with van der Waals surface area (Å²) in [5.41, 5.74) is 5.17. The predicted molar refractivity (Wildman–Crippen MR) is 135 cm³/mol. The Morgan fingerprint density at radius 1 is 1.15 bits per heavy atom. The fraction of sp³-hybridized carbons (Fsp3) is 0.414. The quantitative estimate of drug-likeness (QED) is 0.491. The van der Waals surface area contributed by atoms with Gasteiger partial charge in [0.25, 0.3) is 0 Å². The second kappa shape index (κ2) is 8.49. The Labute approximate surface area is 196 Å². The number of benzene rings is 3. The highest BCUT2D eigenvalue weighted by Gasteiger charge is 2.38. The van der Waals surface area contributed by atoms with Crippen LogP contribution in [-0.4, -0.2) is 30.2 Å². The molecule has 3 atom stereocenters. The number of carboxylic acid groups (broad SMARTS) is 1. The number of fused-ring (bicyclic) bond motifs is 2. The van der Waals surface area contributed by atoms with Gasteiger partial charge in [0, 0.05) is 30.9 Å². The Morgan fingerprint density at radius 3 is 2.76 bits per heavy atom. The topological polar surface area (TPSA) is 52.6 Å². The average molecular weight is 443 g/mol. The number of aliphatic carboxylic acids is 1. The molecule has 1 aliphatic carbocycles. The highest BCUT2D eigenvalue weighted by Crippen LogP contribution is 2.48. The molecule has 0 saturated carbocycles. The molecule has 0 bridgehead atoms. The number of nitrogens with zero attached hydrogens (tertiary/aromatic N) is 1. The van der Waals surface area contributed by atoms with Crippen molar-refractivity contribution in [1.29, 1.82) is 0 Å². The van der Waals surface area contributed by atoms with Gasteiger partial charge in [-0.1, -0.05) is 62.4 Å². The van der Waals surface area contributed by atoms with Gasteiger partial charge >= 0.3 is 5.97 Å². The number of carboxylic acids is 1. The summed E-state index contributed by atoms with van der Waals surface area (Å²) < 4.78 is 0. The van der Waals surface area contributed by atoms with Crippen LogP contribution in [0, 0.1) is 0 Å². The highest BCUT2D eigenvalue weighted by molar-refractivity contribution is 5.86. The van der Waals surface area contributed by atoms with Crippen molar-refractivity contribution < 1.29 is 9.90 Å². The van der Waals surface area contributed by atoms with Crippen LogP contribution in [0.1, 0.15) is 68.7 Å². The van der Waals surface area contributed by atoms with Crippen LogP contribution in [0.5, 0.6) is 0 Å². The summed E-state index contributed by atoms with van der Waals surface area (Å²) in [6, 6.07) is 22.6. The molecule has 4 nitrogen and oxygen atoms in total. The van der Waals surface area contributed by atoms with Crippen LogP contribution in [0.15, 0.2) is 60.7 Å². The van der Waals surface area contributed by atoms with Crippen molar-refractivity contribution in [3.05, 3.63) is 77.4 Å². The Hall–Kier alpha value is -2.85. The van der Waals surface area contributed by atoms with Crippen LogP contribution >= 0.6 is 0 Å². The summed E-state index contributed by atoms with van der Waals surface area (Å²) in [6.45, 7) is 8.72. The van der Waals surface area contributed by atoms with Gasteiger partial charge in [0.15, 0.2) is 0 Å². The molecule has 1 aliphatic heterocycles. The zero-order valence-corrected chi connectivity index (χ0v) is 19.8. The van der Waals surface area contributed by atoms with Crippen LogP contribution in [0.2, 0.25) is 0 Å². The van der Waals surface area contributed by atoms with Gasteiger partial charge in [-0.3, -0.25) is 4.79 Å². The molecule has 1 saturated heterocycles. The lowest BCUT2D eigenvalue weighted by Gasteiger charge is -2.24. The zero-order chi connectivity index (χ0) is 23.2. The highest BCUT2D eigenvalue weighted by atomic mass is 16.4. The van der Waals surface area contributed by atoms with Crippen molar-refractivity contribution >= 4 is 22.4 Å². The second-order valence-electron chi connectivity index (χ2n) is 10.5. The van der Waals surface area contributed by atoms with E-state index in [0.717, 1.165) is 25.9 Å². The molecule has 5 rings (SSSR count). The molecule has 0 amide bonds. The molecular formula is C29H34N2O2. The van der Waals surface area contributed by atoms with E-state index in [1.807, 2.05) is 0 Å². The van der Waals surface area contributed by atoms with Crippen molar-refractivity contribution in [1.82, 2.24) is 5.32 Å². The summed E-state index contributed by atoms with van der Waals surface area (Å²) in [4.78, 5) is 13.9. The standard InChI is InChI=1S/C29H34N2O2/c1-19(24-10-6-8-20-7-4-5-9-25(20)24)30-22-13-14-31(18-22)23-11-12-27-26(16-23)21(15-28(32)33)17-29(27,2)3/h4-12,16,19,21-22,30H,13-15,17-18H2,1-3H3,(H,32,33)/t19-,21?,22?/m1/s1. The van der Waals surface area contributed by atoms with Crippen LogP contribution in [-0.2, 0) is 10.2 Å². The van der Waals surface area contributed by atoms with Crippen molar-refractivity contribution in [3.8, 4) is 0 Å². The van der Waals surface area contributed by atoms with Gasteiger partial charge in [-0.2, -0.15) is 0 Å². The smallest absolute Gasteiger partial charge is 0.303 e. The van der Waals surface area contributed by atoms with Crippen LogP contribution in [0.4, 0.5) is 5.69 Å². The Kier molecular flexibility index (Phi) is 5.65. The first kappa shape index (κ1) is 22.0. The molecule has 2 N–H and O–H groups in total. The predicted octanol–water partition coefficient (Wildman–Crippen LogP) is 6.01. The first-order valence-electron chi connectivity index (χ1n) is 12.2. The summed E-state index contributed by atoms with van der Waals surface area (Å²) >= 11 is 0. The number of hydrogen-bond acceptors (Lipinski definition) is 3. The minimum atomic E-state index is -0.707. The monoisotopic (exact) mass is 442 g/mol. The number of carbonyl (C=O) groups is 1. The zero-order valence-electron chi connectivity index (χ0n) is 19.8. The molecule has 1 fully saturated rings. The molecule has 2 aliphatic rings. The second-order valence-corrected chi connectivity index (χ2v) is 10.5. The first-order chi connectivity index (χ1) is 15.8. The molecule has 1 heterocycles. The van der Waals surface area contributed by atoms with Gasteiger partial charge in [-0.25, -0.2) is 0 Å². The fourth-order valence-electron chi connectivity index (χ4n) is 6.13. The third-order valence-electron chi connectivity index (χ3n) is 7.71. The minimum Gasteiger partial charge on any atom is -0.481 e. The van der Waals surface area contributed by atoms with Gasteiger partial charge in [-0.05, 0) is 70.7 Å². The molecule has 2 unspecified atom stereocenters. The van der Waals surface area contributed by atoms with E-state index >= 15 is 0 Å². The van der Waals surface area contributed by atoms with Crippen LogP contribution in [0.3, 0.4) is 0 Å². The molecule has 4 heteroatoms. The molecular weight excluding hydrogens is 408 g/mol. The van der Waals surface area contributed by atoms with E-state index in [4.69, 9.17) is 0 Å². The number of anilines is 1. The van der Waals surface area contributed by atoms with Crippen LogP contribution in [0.25, 0.3) is 10.8 Å². The molecule has 0 spiro atoms. The molecule has 3 aromatic rings. The van der Waals surface area contributed by atoms with Gasteiger partial charge in [-0.15, -0.1) is 0 Å². The van der Waals surface area contributed by atoms with E-state index in [9.17, 15) is 9.90 Å². The minimum absolute atomic E-state index is 0.0387. The molecule has 0 radical (unpaired) electrons. The summed E-state index contributed by atoms with van der Waals surface area (Å²) in [7, 11) is 0. The lowest BCUT2D eigenvalue weighted by atomic mass is 9.86. The Morgan fingerprint density at radius 2 is 1.94 bits per heavy atom. The van der Waals surface area contributed by atoms with Crippen LogP contribution < -0.4 is 10.2 Å². The van der Waals surface area contributed by atoms with Crippen molar-refractivity contribution in [2.24, 2.45) is 0 Å². The lowest BCUT2D eigenvalue weighted by Crippen LogP contribution is -2.34. The van der Waals surface area contributed by atoms with E-state index in [2.05, 4.69) is 91.7 Å². The maximum absolute atomic E-state index is 11.4. The largest absolute Gasteiger partial charge is 0.481 e. The van der Waals surface area contributed by atoms with Gasteiger partial charge in [0.1, 0.15) is 0 Å².